The van der Waals surface area contributed by atoms with Crippen LogP contribution in [-0.4, -0.2) is 177 Å². The standard InChI is InChI=1S/C47H75N9O18/c1-44(2,3)72-41(62)50-19-18-30(57)37(60)52-29-20-28(54-42(63)73-45(4,5)6)31(32(58)35(29)71-38-33(59)36(47(10,65)23-69-38)55(11)43(64)74-46(7,8)9)34-27(53-39(48)49)17-16-26(70-34)21-51-40(61)68-22-24-12-14-25(15-13-24)56(66)67/h12-16,27-36,38,57-59,65H,17-23H2,1-11H3,(H,50,62)(H,51,61)(H,52,60)(H,54,63)(H4,48,49,53)/t27-,28+,29-,30+,31-,32+,33-,34?,35+,36-,38-,47+/m1/s1. The van der Waals surface area contributed by atoms with Crippen molar-refractivity contribution in [2.75, 3.05) is 26.7 Å². The second-order valence-electron chi connectivity index (χ2n) is 21.5. The van der Waals surface area contributed by atoms with E-state index in [4.69, 9.17) is 44.6 Å². The number of ether oxygens (including phenoxy) is 7. The maximum Gasteiger partial charge on any atom is 0.410 e. The van der Waals surface area contributed by atoms with Crippen LogP contribution < -0.4 is 32.7 Å². The van der Waals surface area contributed by atoms with Crippen molar-refractivity contribution in [2.45, 2.75) is 178 Å². The van der Waals surface area contributed by atoms with Crippen molar-refractivity contribution in [3.8, 4) is 0 Å². The highest BCUT2D eigenvalue weighted by molar-refractivity contribution is 5.81. The summed E-state index contributed by atoms with van der Waals surface area (Å²) in [6.45, 7) is 14.8. The third-order valence-electron chi connectivity index (χ3n) is 11.6. The number of likely N-dealkylation sites (N-methyl/N-ethyl adjacent to an activating group) is 1. The van der Waals surface area contributed by atoms with Crippen LogP contribution in [-0.2, 0) is 44.6 Å². The molecule has 1 saturated heterocycles. The van der Waals surface area contributed by atoms with E-state index in [9.17, 15) is 54.5 Å². The summed E-state index contributed by atoms with van der Waals surface area (Å²) in [5.41, 5.74) is 7.39. The van der Waals surface area contributed by atoms with Crippen LogP contribution in [0.1, 0.15) is 94.1 Å². The number of nitrogens with zero attached hydrogens (tertiary/aromatic N) is 3. The van der Waals surface area contributed by atoms with E-state index in [0.717, 1.165) is 4.90 Å². The fourth-order valence-electron chi connectivity index (χ4n) is 8.50. The molecule has 0 spiro atoms. The molecule has 1 aromatic rings. The molecule has 4 rings (SSSR count). The van der Waals surface area contributed by atoms with Gasteiger partial charge < -0.3 is 91.2 Å². The smallest absolute Gasteiger partial charge is 0.410 e. The number of aliphatic hydroxyl groups excluding tert-OH is 3. The van der Waals surface area contributed by atoms with E-state index in [1.165, 1.54) is 38.2 Å². The third kappa shape index (κ3) is 18.0. The Morgan fingerprint density at radius 2 is 1.51 bits per heavy atom. The zero-order chi connectivity index (χ0) is 55.7. The molecule has 1 aromatic carbocycles. The Morgan fingerprint density at radius 1 is 0.905 bits per heavy atom. The summed E-state index contributed by atoms with van der Waals surface area (Å²) < 4.78 is 40.4. The molecule has 74 heavy (non-hydrogen) atoms. The number of aliphatic imine (C=N–C) groups is 1. The van der Waals surface area contributed by atoms with Crippen molar-refractivity contribution >= 4 is 41.9 Å². The Balaban J connectivity index is 1.72. The van der Waals surface area contributed by atoms with Gasteiger partial charge in [-0.3, -0.25) is 14.9 Å². The topological polar surface area (TPSA) is 390 Å². The van der Waals surface area contributed by atoms with Crippen molar-refractivity contribution < 1.29 is 82.5 Å². The van der Waals surface area contributed by atoms with Crippen molar-refractivity contribution in [2.24, 2.45) is 22.4 Å². The van der Waals surface area contributed by atoms with Crippen LogP contribution in [0.15, 0.2) is 41.1 Å². The second kappa shape index (κ2) is 24.8. The lowest BCUT2D eigenvalue weighted by Crippen LogP contribution is -2.70. The Bertz CT molecular complexity index is 2190. The summed E-state index contributed by atoms with van der Waals surface area (Å²) in [4.78, 5) is 81.9. The minimum absolute atomic E-state index is 0.0349. The number of carbonyl (C=O) groups excluding carboxylic acids is 5. The van der Waals surface area contributed by atoms with Gasteiger partial charge in [0, 0.05) is 37.7 Å². The number of rotatable bonds is 16. The van der Waals surface area contributed by atoms with E-state index >= 15 is 0 Å². The van der Waals surface area contributed by atoms with E-state index in [1.807, 2.05) is 0 Å². The number of nitrogens with two attached hydrogens (primary N) is 2. The van der Waals surface area contributed by atoms with Crippen LogP contribution in [0, 0.1) is 16.0 Å². The Hall–Kier alpha value is -6.26. The lowest BCUT2D eigenvalue weighted by Gasteiger charge is -2.52. The predicted molar refractivity (Wildman–Crippen MR) is 262 cm³/mol. The molecule has 416 valence electrons. The minimum atomic E-state index is -1.90. The van der Waals surface area contributed by atoms with Gasteiger partial charge in [0.2, 0.25) is 5.91 Å². The number of non-ortho nitro benzene ring substituents is 1. The Morgan fingerprint density at radius 3 is 2.09 bits per heavy atom. The summed E-state index contributed by atoms with van der Waals surface area (Å²) in [5, 5.41) is 68.8. The molecule has 12 N–H and O–H groups in total. The fraction of sp³-hybridized carbons (Fsp3) is 0.702. The maximum atomic E-state index is 13.9. The molecule has 2 heterocycles. The molecule has 3 aliphatic rings. The van der Waals surface area contributed by atoms with E-state index in [-0.39, 0.29) is 56.4 Å². The molecular weight excluding hydrogens is 979 g/mol. The number of aliphatic hydroxyl groups is 4. The lowest BCUT2D eigenvalue weighted by atomic mass is 9.72. The molecule has 5 amide bonds. The highest BCUT2D eigenvalue weighted by Crippen LogP contribution is 2.39. The van der Waals surface area contributed by atoms with E-state index < -0.39 is 131 Å². The zero-order valence-corrected chi connectivity index (χ0v) is 43.7. The van der Waals surface area contributed by atoms with Crippen molar-refractivity contribution in [1.29, 1.82) is 0 Å². The number of carbonyl (C=O) groups is 5. The van der Waals surface area contributed by atoms with Gasteiger partial charge in [-0.1, -0.05) is 0 Å². The van der Waals surface area contributed by atoms with Gasteiger partial charge in [0.25, 0.3) is 5.69 Å². The molecule has 2 aliphatic heterocycles. The van der Waals surface area contributed by atoms with Crippen LogP contribution in [0.2, 0.25) is 0 Å². The second-order valence-corrected chi connectivity index (χ2v) is 21.5. The number of nitro groups is 1. The van der Waals surface area contributed by atoms with Gasteiger partial charge in [-0.25, -0.2) is 24.2 Å². The number of guanidine groups is 1. The Kier molecular flexibility index (Phi) is 20.2. The van der Waals surface area contributed by atoms with Gasteiger partial charge in [0.1, 0.15) is 59.2 Å². The van der Waals surface area contributed by atoms with Gasteiger partial charge >= 0.3 is 24.4 Å². The first kappa shape index (κ1) is 60.3. The van der Waals surface area contributed by atoms with Gasteiger partial charge in [0.05, 0.1) is 42.3 Å². The Labute approximate surface area is 429 Å². The maximum absolute atomic E-state index is 13.9. The van der Waals surface area contributed by atoms with Gasteiger partial charge in [0.15, 0.2) is 12.2 Å². The van der Waals surface area contributed by atoms with Crippen LogP contribution in [0.3, 0.4) is 0 Å². The monoisotopic (exact) mass is 1050 g/mol. The average molecular weight is 1050 g/mol. The molecule has 2 fully saturated rings. The molecule has 1 aliphatic carbocycles. The highest BCUT2D eigenvalue weighted by atomic mass is 16.7. The molecule has 0 radical (unpaired) electrons. The molecule has 0 bridgehead atoms. The number of nitrogens with one attached hydrogen (secondary N) is 4. The number of nitro benzene ring substituents is 1. The quantitative estimate of drug-likeness (QED) is 0.0366. The van der Waals surface area contributed by atoms with Crippen molar-refractivity contribution in [1.82, 2.24) is 26.2 Å². The summed E-state index contributed by atoms with van der Waals surface area (Å²) in [5.74, 6) is -2.58. The summed E-state index contributed by atoms with van der Waals surface area (Å²) in [6, 6.07) is 0.344. The first-order chi connectivity index (χ1) is 34.1. The number of alkyl carbamates (subject to hydrolysis) is 3. The SMILES string of the molecule is CN(C(=O)OC(C)(C)C)[C@@H]1[C@@H](O)[C@@H](O[C@@H]2[C@@H](O)[C@H](C3OC(CNC(=O)OCc4ccc([N+](=O)[O-])cc4)=CC[C@H]3N=C(N)N)[C@@H](NC(=O)OC(C)(C)C)C[C@H]2NC(=O)[C@@H](O)CCNC(=O)OC(C)(C)C)OC[C@]1(C)O. The van der Waals surface area contributed by atoms with Gasteiger partial charge in [-0.05, 0) is 112 Å². The third-order valence-corrected chi connectivity index (χ3v) is 11.6. The van der Waals surface area contributed by atoms with Gasteiger partial charge in [-0.15, -0.1) is 0 Å². The average Bonchev–Trinajstić information content (AvgIpc) is 3.25. The predicted octanol–water partition coefficient (Wildman–Crippen LogP) is 1.26. The molecule has 1 unspecified atom stereocenters. The van der Waals surface area contributed by atoms with Crippen molar-refractivity contribution in [3.05, 3.63) is 51.8 Å². The van der Waals surface area contributed by atoms with E-state index in [2.05, 4.69) is 26.3 Å². The van der Waals surface area contributed by atoms with Crippen LogP contribution in [0.25, 0.3) is 0 Å². The summed E-state index contributed by atoms with van der Waals surface area (Å²) >= 11 is 0. The molecule has 0 aromatic heterocycles. The van der Waals surface area contributed by atoms with E-state index in [1.54, 1.807) is 68.4 Å². The molecule has 27 heteroatoms. The molecule has 27 nitrogen and oxygen atoms in total. The van der Waals surface area contributed by atoms with Crippen LogP contribution in [0.5, 0.6) is 0 Å². The van der Waals surface area contributed by atoms with Crippen LogP contribution in [0.4, 0.5) is 24.9 Å². The molecule has 12 atom stereocenters. The van der Waals surface area contributed by atoms with Crippen LogP contribution >= 0.6 is 0 Å². The van der Waals surface area contributed by atoms with Gasteiger partial charge in [-0.2, -0.15) is 0 Å². The molecule has 1 saturated carbocycles. The largest absolute Gasteiger partial charge is 0.490 e. The summed E-state index contributed by atoms with van der Waals surface area (Å²) in [6.07, 6.45) is -12.8. The lowest BCUT2D eigenvalue weighted by molar-refractivity contribution is -0.384. The first-order valence-electron chi connectivity index (χ1n) is 24.0. The zero-order valence-electron chi connectivity index (χ0n) is 43.7. The van der Waals surface area contributed by atoms with Crippen molar-refractivity contribution in [3.63, 3.8) is 0 Å². The first-order valence-corrected chi connectivity index (χ1v) is 24.0. The van der Waals surface area contributed by atoms with E-state index in [0.29, 0.717) is 5.56 Å². The number of hydrogen-bond acceptors (Lipinski definition) is 19. The number of amides is 5. The number of benzene rings is 1. The minimum Gasteiger partial charge on any atom is -0.490 e. The fourth-order valence-corrected chi connectivity index (χ4v) is 8.50. The normalized spacial score (nSPS) is 27.6. The summed E-state index contributed by atoms with van der Waals surface area (Å²) in [7, 11) is 1.29. The molecular formula is C47H75N9O18. The highest BCUT2D eigenvalue weighted by Gasteiger charge is 2.56. The number of hydrogen-bond donors (Lipinski definition) is 10.